The van der Waals surface area contributed by atoms with Gasteiger partial charge in [0.05, 0.1) is 49.9 Å². The molecule has 200 valence electrons. The number of hydrogen-bond donors (Lipinski definition) is 0. The lowest BCUT2D eigenvalue weighted by Crippen LogP contribution is -2.28. The molecule has 4 rings (SSSR count). The lowest BCUT2D eigenvalue weighted by atomic mass is 10.1. The van der Waals surface area contributed by atoms with Gasteiger partial charge in [-0.05, 0) is 27.7 Å². The topological polar surface area (TPSA) is 150 Å². The van der Waals surface area contributed by atoms with Crippen molar-refractivity contribution in [3.05, 3.63) is 0 Å². The lowest BCUT2D eigenvalue weighted by molar-refractivity contribution is -0.132. The first kappa shape index (κ1) is 30.6. The van der Waals surface area contributed by atoms with E-state index in [0.29, 0.717) is 13.1 Å². The SMILES string of the molecule is CC1C(=O)C(C)N(C)C1=O.CC1C(=O)CC(=O)N1C.CC1C(=O)CN(C)C1=O.CN1CC(=O)CC1=O. The van der Waals surface area contributed by atoms with Crippen LogP contribution in [-0.4, -0.2) is 120 Å². The summed E-state index contributed by atoms with van der Waals surface area (Å²) in [5, 5.41) is 0. The summed E-state index contributed by atoms with van der Waals surface area (Å²) in [5.41, 5.74) is 0. The smallest absolute Gasteiger partial charge is 0.233 e. The number of nitrogens with zero attached hydrogens (tertiary/aromatic N) is 4. The average molecular weight is 509 g/mol. The number of carbonyl (C=O) groups excluding carboxylic acids is 8. The van der Waals surface area contributed by atoms with Crippen LogP contribution >= 0.6 is 0 Å². The molecular weight excluding hydrogens is 472 g/mol. The molecule has 0 spiro atoms. The van der Waals surface area contributed by atoms with E-state index < -0.39 is 11.8 Å². The number of likely N-dealkylation sites (tertiary alicyclic amines) is 4. The molecule has 12 nitrogen and oxygen atoms in total. The van der Waals surface area contributed by atoms with Gasteiger partial charge in [0, 0.05) is 28.2 Å². The summed E-state index contributed by atoms with van der Waals surface area (Å²) in [6.07, 6.45) is 0.203. The van der Waals surface area contributed by atoms with Gasteiger partial charge in [-0.25, -0.2) is 0 Å². The molecule has 0 aliphatic carbocycles. The minimum atomic E-state index is -0.417. The molecule has 0 radical (unpaired) electrons. The van der Waals surface area contributed by atoms with Crippen molar-refractivity contribution in [3.8, 4) is 0 Å². The van der Waals surface area contributed by atoms with Crippen molar-refractivity contribution in [1.82, 2.24) is 19.6 Å². The molecule has 0 aromatic rings. The minimum absolute atomic E-state index is 0.0255. The van der Waals surface area contributed by atoms with Gasteiger partial charge >= 0.3 is 0 Å². The van der Waals surface area contributed by atoms with Gasteiger partial charge in [-0.15, -0.1) is 0 Å². The summed E-state index contributed by atoms with van der Waals surface area (Å²) < 4.78 is 0. The zero-order chi connectivity index (χ0) is 28.1. The molecule has 0 saturated carbocycles. The summed E-state index contributed by atoms with van der Waals surface area (Å²) in [5.74, 6) is -0.926. The minimum Gasteiger partial charge on any atom is -0.338 e. The number of amides is 4. The van der Waals surface area contributed by atoms with E-state index in [2.05, 4.69) is 0 Å². The van der Waals surface area contributed by atoms with Crippen LogP contribution in [0.25, 0.3) is 0 Å². The highest BCUT2D eigenvalue weighted by molar-refractivity contribution is 6.10. The van der Waals surface area contributed by atoms with Crippen LogP contribution in [0.15, 0.2) is 0 Å². The highest BCUT2D eigenvalue weighted by atomic mass is 16.2. The summed E-state index contributed by atoms with van der Waals surface area (Å²) in [7, 11) is 6.59. The number of ketones is 4. The van der Waals surface area contributed by atoms with E-state index in [1.165, 1.54) is 19.6 Å². The van der Waals surface area contributed by atoms with E-state index in [-0.39, 0.29) is 71.7 Å². The Bertz CT molecular complexity index is 921. The summed E-state index contributed by atoms with van der Waals surface area (Å²) >= 11 is 0. The van der Waals surface area contributed by atoms with E-state index in [0.717, 1.165) is 0 Å². The van der Waals surface area contributed by atoms with Crippen LogP contribution in [0.2, 0.25) is 0 Å². The van der Waals surface area contributed by atoms with Crippen molar-refractivity contribution in [1.29, 1.82) is 0 Å². The Kier molecular flexibility index (Phi) is 10.6. The van der Waals surface area contributed by atoms with Gasteiger partial charge in [-0.3, -0.25) is 38.4 Å². The van der Waals surface area contributed by atoms with Crippen LogP contribution in [0.1, 0.15) is 40.5 Å². The van der Waals surface area contributed by atoms with Crippen molar-refractivity contribution >= 4 is 46.8 Å². The van der Waals surface area contributed by atoms with Crippen LogP contribution in [0.3, 0.4) is 0 Å². The van der Waals surface area contributed by atoms with Gasteiger partial charge in [0.1, 0.15) is 0 Å². The molecule has 12 heteroatoms. The van der Waals surface area contributed by atoms with E-state index in [9.17, 15) is 38.4 Å². The zero-order valence-corrected chi connectivity index (χ0v) is 22.2. The largest absolute Gasteiger partial charge is 0.338 e. The number of Topliss-reactive ketones (excluding diaryl/α,β-unsaturated/α-hetero) is 4. The maximum atomic E-state index is 11.1. The Morgan fingerprint density at radius 3 is 1.22 bits per heavy atom. The molecule has 0 aromatic carbocycles. The van der Waals surface area contributed by atoms with Gasteiger partial charge in [-0.2, -0.15) is 0 Å². The molecule has 0 aromatic heterocycles. The molecule has 4 fully saturated rings. The van der Waals surface area contributed by atoms with Crippen LogP contribution in [0.4, 0.5) is 0 Å². The molecule has 36 heavy (non-hydrogen) atoms. The maximum absolute atomic E-state index is 11.1. The number of likely N-dealkylation sites (N-methyl/N-ethyl adjacent to an activating group) is 4. The van der Waals surface area contributed by atoms with Gasteiger partial charge in [0.15, 0.2) is 23.1 Å². The molecule has 4 aliphatic heterocycles. The monoisotopic (exact) mass is 508 g/mol. The quantitative estimate of drug-likeness (QED) is 0.376. The molecule has 4 saturated heterocycles. The lowest BCUT2D eigenvalue weighted by Gasteiger charge is -2.11. The van der Waals surface area contributed by atoms with Crippen LogP contribution in [0, 0.1) is 11.8 Å². The maximum Gasteiger partial charge on any atom is 0.233 e. The van der Waals surface area contributed by atoms with Crippen molar-refractivity contribution in [2.24, 2.45) is 11.8 Å². The molecule has 4 amide bonds. The molecule has 0 bridgehead atoms. The average Bonchev–Trinajstić information content (AvgIpc) is 3.38. The third-order valence-corrected chi connectivity index (χ3v) is 6.71. The Labute approximate surface area is 210 Å². The first-order valence-electron chi connectivity index (χ1n) is 11.6. The highest BCUT2D eigenvalue weighted by Crippen LogP contribution is 2.17. The van der Waals surface area contributed by atoms with Crippen molar-refractivity contribution < 1.29 is 38.4 Å². The van der Waals surface area contributed by atoms with Gasteiger partial charge in [-0.1, -0.05) is 0 Å². The van der Waals surface area contributed by atoms with Crippen LogP contribution in [-0.2, 0) is 38.4 Å². The van der Waals surface area contributed by atoms with Crippen LogP contribution in [0.5, 0.6) is 0 Å². The predicted octanol–water partition coefficient (Wildman–Crippen LogP) is -1.06. The van der Waals surface area contributed by atoms with Gasteiger partial charge < -0.3 is 19.6 Å². The predicted molar refractivity (Wildman–Crippen MR) is 127 cm³/mol. The zero-order valence-electron chi connectivity index (χ0n) is 22.2. The van der Waals surface area contributed by atoms with Crippen molar-refractivity contribution in [2.45, 2.75) is 52.6 Å². The number of carbonyl (C=O) groups is 8. The van der Waals surface area contributed by atoms with Crippen molar-refractivity contribution in [3.63, 3.8) is 0 Å². The first-order valence-corrected chi connectivity index (χ1v) is 11.6. The van der Waals surface area contributed by atoms with E-state index in [4.69, 9.17) is 0 Å². The highest BCUT2D eigenvalue weighted by Gasteiger charge is 2.39. The third kappa shape index (κ3) is 7.28. The second-order valence-corrected chi connectivity index (χ2v) is 9.42. The Hall–Kier alpha value is -3.44. The summed E-state index contributed by atoms with van der Waals surface area (Å²) in [6.45, 7) is 7.40. The number of hydrogen-bond acceptors (Lipinski definition) is 8. The van der Waals surface area contributed by atoms with Gasteiger partial charge in [0.25, 0.3) is 0 Å². The fourth-order valence-corrected chi connectivity index (χ4v) is 3.65. The molecule has 4 heterocycles. The molecule has 0 N–H and O–H groups in total. The third-order valence-electron chi connectivity index (χ3n) is 6.71. The van der Waals surface area contributed by atoms with Crippen LogP contribution < -0.4 is 0 Å². The van der Waals surface area contributed by atoms with Crippen molar-refractivity contribution in [2.75, 3.05) is 41.3 Å². The molecular formula is C24H36N4O8. The van der Waals surface area contributed by atoms with E-state index >= 15 is 0 Å². The summed E-state index contributed by atoms with van der Waals surface area (Å²) in [4.78, 5) is 91.8. The van der Waals surface area contributed by atoms with E-state index in [1.54, 1.807) is 55.9 Å². The fourth-order valence-electron chi connectivity index (χ4n) is 3.65. The van der Waals surface area contributed by atoms with Gasteiger partial charge in [0.2, 0.25) is 23.6 Å². The standard InChI is InChI=1S/C7H11NO2.2C6H9NO2.C5H7NO2/c1-4-6(9)5(2)8(3)7(4)10;1-4-5(8)3-7(2)6(4)9;1-4-5(8)3-6(9)7(4)2;1-6-3-4(7)2-5(6)8/h4-5H,1-3H3;2*4H,3H2,1-2H3;2-3H2,1H3. The Morgan fingerprint density at radius 1 is 0.556 bits per heavy atom. The molecule has 4 atom stereocenters. The molecule has 4 unspecified atom stereocenters. The summed E-state index contributed by atoms with van der Waals surface area (Å²) in [6, 6.07) is -0.417. The Morgan fingerprint density at radius 2 is 1.11 bits per heavy atom. The second-order valence-electron chi connectivity index (χ2n) is 9.42. The normalized spacial score (nSPS) is 27.8. The Balaban J connectivity index is 0.000000241. The second kappa shape index (κ2) is 12.5. The fraction of sp³-hybridized carbons (Fsp3) is 0.667. The van der Waals surface area contributed by atoms with E-state index in [1.807, 2.05) is 0 Å². The first-order chi connectivity index (χ1) is 16.5. The number of rotatable bonds is 0. The molecule has 4 aliphatic rings.